The maximum atomic E-state index is 12.9. The standard InChI is InChI=1S/C24H21N3O3S2/c1-15-9-12-18(32(29,30)27-17-10-11-17)13-21(15)23(28)26-24-25-22(14-31-24)20-8-4-6-16-5-2-3-7-19(16)20/h2-9,12-14,17,27H,10-11H2,1H3,(H,25,26,28). The average Bonchev–Trinajstić information content (AvgIpc) is 3.47. The van der Waals surface area contributed by atoms with E-state index in [4.69, 9.17) is 0 Å². The Morgan fingerprint density at radius 3 is 2.66 bits per heavy atom. The van der Waals surface area contributed by atoms with Gasteiger partial charge in [-0.2, -0.15) is 0 Å². The third kappa shape index (κ3) is 4.17. The van der Waals surface area contributed by atoms with E-state index in [0.29, 0.717) is 16.3 Å². The lowest BCUT2D eigenvalue weighted by Crippen LogP contribution is -2.26. The molecule has 0 aliphatic heterocycles. The minimum atomic E-state index is -3.64. The summed E-state index contributed by atoms with van der Waals surface area (Å²) in [5.41, 5.74) is 2.78. The Morgan fingerprint density at radius 1 is 1.06 bits per heavy atom. The Kier molecular flexibility index (Phi) is 5.28. The largest absolute Gasteiger partial charge is 0.298 e. The van der Waals surface area contributed by atoms with Crippen molar-refractivity contribution in [1.29, 1.82) is 0 Å². The number of amides is 1. The molecule has 0 atom stereocenters. The van der Waals surface area contributed by atoms with Crippen LogP contribution in [-0.2, 0) is 10.0 Å². The molecule has 1 aliphatic carbocycles. The summed E-state index contributed by atoms with van der Waals surface area (Å²) < 4.78 is 27.7. The van der Waals surface area contributed by atoms with E-state index in [0.717, 1.165) is 34.9 Å². The second-order valence-corrected chi connectivity index (χ2v) is 10.5. The number of aromatic nitrogens is 1. The summed E-state index contributed by atoms with van der Waals surface area (Å²) in [5, 5.41) is 7.40. The number of carbonyl (C=O) groups excluding carboxylic acids is 1. The summed E-state index contributed by atoms with van der Waals surface area (Å²) in [6.45, 7) is 1.78. The lowest BCUT2D eigenvalue weighted by atomic mass is 10.0. The molecule has 1 saturated carbocycles. The zero-order valence-corrected chi connectivity index (χ0v) is 19.0. The molecule has 0 bridgehead atoms. The Morgan fingerprint density at radius 2 is 1.84 bits per heavy atom. The van der Waals surface area contributed by atoms with Gasteiger partial charge in [0.15, 0.2) is 5.13 Å². The van der Waals surface area contributed by atoms with Gasteiger partial charge in [-0.15, -0.1) is 11.3 Å². The van der Waals surface area contributed by atoms with E-state index < -0.39 is 10.0 Å². The van der Waals surface area contributed by atoms with Crippen LogP contribution in [0.25, 0.3) is 22.0 Å². The van der Waals surface area contributed by atoms with Crippen LogP contribution in [0, 0.1) is 6.92 Å². The van der Waals surface area contributed by atoms with Crippen LogP contribution in [0.2, 0.25) is 0 Å². The van der Waals surface area contributed by atoms with Crippen LogP contribution < -0.4 is 10.0 Å². The third-order valence-electron chi connectivity index (χ3n) is 5.45. The van der Waals surface area contributed by atoms with Crippen LogP contribution in [0.3, 0.4) is 0 Å². The Labute approximate surface area is 190 Å². The molecule has 8 heteroatoms. The molecule has 2 N–H and O–H groups in total. The van der Waals surface area contributed by atoms with E-state index in [-0.39, 0.29) is 16.8 Å². The van der Waals surface area contributed by atoms with Gasteiger partial charge in [-0.3, -0.25) is 10.1 Å². The van der Waals surface area contributed by atoms with Crippen molar-refractivity contribution in [3.63, 3.8) is 0 Å². The SMILES string of the molecule is Cc1ccc(S(=O)(=O)NC2CC2)cc1C(=O)Nc1nc(-c2cccc3ccccc23)cs1. The van der Waals surface area contributed by atoms with E-state index in [1.165, 1.54) is 23.5 Å². The highest BCUT2D eigenvalue weighted by atomic mass is 32.2. The summed E-state index contributed by atoms with van der Waals surface area (Å²) in [6, 6.07) is 18.7. The van der Waals surface area contributed by atoms with Gasteiger partial charge in [0.1, 0.15) is 0 Å². The molecule has 1 amide bonds. The van der Waals surface area contributed by atoms with Gasteiger partial charge in [-0.25, -0.2) is 18.1 Å². The fourth-order valence-corrected chi connectivity index (χ4v) is 5.61. The molecule has 1 heterocycles. The number of anilines is 1. The number of nitrogens with one attached hydrogen (secondary N) is 2. The van der Waals surface area contributed by atoms with Crippen molar-refractivity contribution in [3.8, 4) is 11.3 Å². The van der Waals surface area contributed by atoms with E-state index >= 15 is 0 Å². The molecular weight excluding hydrogens is 442 g/mol. The molecule has 5 rings (SSSR count). The van der Waals surface area contributed by atoms with E-state index in [1.807, 2.05) is 35.7 Å². The Hall–Kier alpha value is -3.07. The number of nitrogens with zero attached hydrogens (tertiary/aromatic N) is 1. The molecular formula is C24H21N3O3S2. The first-order valence-corrected chi connectivity index (χ1v) is 12.6. The average molecular weight is 464 g/mol. The highest BCUT2D eigenvalue weighted by Gasteiger charge is 2.28. The number of benzene rings is 3. The van der Waals surface area contributed by atoms with E-state index in [1.54, 1.807) is 13.0 Å². The van der Waals surface area contributed by atoms with Crippen LogP contribution in [0.1, 0.15) is 28.8 Å². The van der Waals surface area contributed by atoms with Crippen LogP contribution >= 0.6 is 11.3 Å². The van der Waals surface area contributed by atoms with Gasteiger partial charge in [-0.1, -0.05) is 48.5 Å². The second-order valence-electron chi connectivity index (χ2n) is 7.89. The summed E-state index contributed by atoms with van der Waals surface area (Å²) in [7, 11) is -3.64. The maximum Gasteiger partial charge on any atom is 0.257 e. The Bertz CT molecular complexity index is 1430. The number of hydrogen-bond donors (Lipinski definition) is 2. The fourth-order valence-electron chi connectivity index (χ4n) is 3.57. The van der Waals surface area contributed by atoms with E-state index in [9.17, 15) is 13.2 Å². The van der Waals surface area contributed by atoms with Crippen molar-refractivity contribution in [3.05, 3.63) is 77.2 Å². The topological polar surface area (TPSA) is 88.2 Å². The van der Waals surface area contributed by atoms with Crippen LogP contribution in [-0.4, -0.2) is 25.4 Å². The molecule has 162 valence electrons. The lowest BCUT2D eigenvalue weighted by molar-refractivity contribution is 0.102. The second kappa shape index (κ2) is 8.12. The lowest BCUT2D eigenvalue weighted by Gasteiger charge is -2.10. The van der Waals surface area contributed by atoms with Gasteiger partial charge in [-0.05, 0) is 48.2 Å². The summed E-state index contributed by atoms with van der Waals surface area (Å²) in [5.74, 6) is -0.384. The molecule has 0 saturated heterocycles. The van der Waals surface area contributed by atoms with Crippen LogP contribution in [0.5, 0.6) is 0 Å². The van der Waals surface area contributed by atoms with Crippen LogP contribution in [0.4, 0.5) is 5.13 Å². The first kappa shape index (κ1) is 20.8. The van der Waals surface area contributed by atoms with Gasteiger partial charge in [0.25, 0.3) is 5.91 Å². The molecule has 1 aromatic heterocycles. The van der Waals surface area contributed by atoms with Crippen LogP contribution in [0.15, 0.2) is 70.9 Å². The number of carbonyl (C=O) groups is 1. The van der Waals surface area contributed by atoms with E-state index in [2.05, 4.69) is 27.2 Å². The smallest absolute Gasteiger partial charge is 0.257 e. The minimum Gasteiger partial charge on any atom is -0.298 e. The summed E-state index contributed by atoms with van der Waals surface area (Å²) >= 11 is 1.33. The number of sulfonamides is 1. The molecule has 1 aliphatic rings. The van der Waals surface area contributed by atoms with Crippen molar-refractivity contribution < 1.29 is 13.2 Å². The Balaban J connectivity index is 1.40. The fraction of sp³-hybridized carbons (Fsp3) is 0.167. The molecule has 6 nitrogen and oxygen atoms in total. The minimum absolute atomic E-state index is 0.00128. The predicted octanol–water partition coefficient (Wildman–Crippen LogP) is 4.96. The molecule has 3 aromatic carbocycles. The first-order valence-electron chi connectivity index (χ1n) is 10.3. The molecule has 0 unspecified atom stereocenters. The number of hydrogen-bond acceptors (Lipinski definition) is 5. The monoisotopic (exact) mass is 463 g/mol. The molecule has 0 spiro atoms. The molecule has 32 heavy (non-hydrogen) atoms. The van der Waals surface area contributed by atoms with Gasteiger partial charge in [0, 0.05) is 22.5 Å². The zero-order valence-electron chi connectivity index (χ0n) is 17.3. The maximum absolute atomic E-state index is 12.9. The highest BCUT2D eigenvalue weighted by Crippen LogP contribution is 2.31. The number of aryl methyl sites for hydroxylation is 1. The predicted molar refractivity (Wildman–Crippen MR) is 128 cm³/mol. The molecule has 0 radical (unpaired) electrons. The zero-order chi connectivity index (χ0) is 22.3. The van der Waals surface area contributed by atoms with Gasteiger partial charge in [0.2, 0.25) is 10.0 Å². The number of rotatable bonds is 6. The summed E-state index contributed by atoms with van der Waals surface area (Å²) in [4.78, 5) is 17.6. The van der Waals surface area contributed by atoms with Gasteiger partial charge >= 0.3 is 0 Å². The van der Waals surface area contributed by atoms with Gasteiger partial charge in [0.05, 0.1) is 10.6 Å². The van der Waals surface area contributed by atoms with Crippen molar-refractivity contribution in [2.24, 2.45) is 0 Å². The quantitative estimate of drug-likeness (QED) is 0.423. The van der Waals surface area contributed by atoms with Crippen molar-refractivity contribution in [2.45, 2.75) is 30.7 Å². The number of fused-ring (bicyclic) bond motifs is 1. The molecule has 1 fully saturated rings. The van der Waals surface area contributed by atoms with Crippen molar-refractivity contribution in [1.82, 2.24) is 9.71 Å². The normalized spacial score (nSPS) is 13.9. The third-order valence-corrected chi connectivity index (χ3v) is 7.73. The van der Waals surface area contributed by atoms with Crippen molar-refractivity contribution in [2.75, 3.05) is 5.32 Å². The molecule has 4 aromatic rings. The highest BCUT2D eigenvalue weighted by molar-refractivity contribution is 7.89. The van der Waals surface area contributed by atoms with Gasteiger partial charge < -0.3 is 0 Å². The summed E-state index contributed by atoms with van der Waals surface area (Å²) in [6.07, 6.45) is 1.70. The number of thiazole rings is 1. The first-order chi connectivity index (χ1) is 15.4. The van der Waals surface area contributed by atoms with Crippen molar-refractivity contribution >= 4 is 43.2 Å².